The third-order valence-corrected chi connectivity index (χ3v) is 5.30. The van der Waals surface area contributed by atoms with Gasteiger partial charge in [0.15, 0.2) is 0 Å². The van der Waals surface area contributed by atoms with Crippen molar-refractivity contribution in [3.8, 4) is 17.2 Å². The van der Waals surface area contributed by atoms with Crippen LogP contribution in [-0.2, 0) is 12.8 Å². The maximum atomic E-state index is 10.6. The lowest BCUT2D eigenvalue weighted by molar-refractivity contribution is 0.419. The van der Waals surface area contributed by atoms with Crippen LogP contribution >= 0.6 is 0 Å². The van der Waals surface area contributed by atoms with E-state index in [2.05, 4.69) is 0 Å². The highest BCUT2D eigenvalue weighted by Gasteiger charge is 2.18. The highest BCUT2D eigenvalue weighted by atomic mass is 16.3. The first-order valence-corrected chi connectivity index (χ1v) is 9.32. The van der Waals surface area contributed by atoms with Crippen LogP contribution in [-0.4, -0.2) is 20.4 Å². The summed E-state index contributed by atoms with van der Waals surface area (Å²) in [6.07, 6.45) is 7.21. The van der Waals surface area contributed by atoms with E-state index < -0.39 is 0 Å². The number of allylic oxidation sites excluding steroid dienone is 3. The van der Waals surface area contributed by atoms with Gasteiger partial charge in [-0.05, 0) is 71.5 Å². The van der Waals surface area contributed by atoms with Crippen LogP contribution in [0.1, 0.15) is 23.1 Å². The van der Waals surface area contributed by atoms with Crippen molar-refractivity contribution in [3.63, 3.8) is 0 Å². The molecule has 0 saturated heterocycles. The molecule has 0 fully saturated rings. The minimum absolute atomic E-state index is 0.163. The number of benzene rings is 3. The van der Waals surface area contributed by atoms with Gasteiger partial charge in [0.2, 0.25) is 0 Å². The van der Waals surface area contributed by atoms with Gasteiger partial charge in [-0.3, -0.25) is 0 Å². The highest BCUT2D eigenvalue weighted by molar-refractivity contribution is 5.92. The molecule has 4 nitrogen and oxygen atoms in total. The van der Waals surface area contributed by atoms with Gasteiger partial charge < -0.3 is 20.4 Å². The SMILES string of the molecule is OC1=CCC(Cc2c(O)ccc3ccc(O)c(Cc4ccc(O)cc4)c23)C=C1. The third kappa shape index (κ3) is 3.54. The Kier molecular flexibility index (Phi) is 4.70. The van der Waals surface area contributed by atoms with Gasteiger partial charge in [0.25, 0.3) is 0 Å². The third-order valence-electron chi connectivity index (χ3n) is 5.30. The summed E-state index contributed by atoms with van der Waals surface area (Å²) in [6.45, 7) is 0. The summed E-state index contributed by atoms with van der Waals surface area (Å²) in [5, 5.41) is 42.1. The zero-order valence-corrected chi connectivity index (χ0v) is 15.3. The lowest BCUT2D eigenvalue weighted by Gasteiger charge is -2.19. The van der Waals surface area contributed by atoms with Crippen LogP contribution in [0, 0.1) is 5.92 Å². The van der Waals surface area contributed by atoms with Crippen molar-refractivity contribution >= 4 is 10.8 Å². The predicted octanol–water partition coefficient (Wildman–Crippen LogP) is 5.11. The van der Waals surface area contributed by atoms with Crippen molar-refractivity contribution in [2.45, 2.75) is 19.3 Å². The zero-order valence-electron chi connectivity index (χ0n) is 15.3. The number of phenols is 3. The van der Waals surface area contributed by atoms with Crippen LogP contribution in [0.15, 0.2) is 72.5 Å². The van der Waals surface area contributed by atoms with Crippen molar-refractivity contribution < 1.29 is 20.4 Å². The van der Waals surface area contributed by atoms with Crippen LogP contribution in [0.5, 0.6) is 17.2 Å². The molecule has 0 aliphatic heterocycles. The van der Waals surface area contributed by atoms with Crippen molar-refractivity contribution in [1.82, 2.24) is 0 Å². The van der Waals surface area contributed by atoms with Crippen LogP contribution in [0.2, 0.25) is 0 Å². The Morgan fingerprint density at radius 2 is 1.46 bits per heavy atom. The molecule has 1 unspecified atom stereocenters. The standard InChI is InChI=1S/C24H22O4/c25-18-7-1-15(2-8-18)13-20-22(27)11-5-17-6-12-23(28)21(24(17)20)14-16-3-9-19(26)10-4-16/h1-3,5-12,16,25-28H,4,13-14H2. The summed E-state index contributed by atoms with van der Waals surface area (Å²) >= 11 is 0. The number of rotatable bonds is 4. The van der Waals surface area contributed by atoms with Gasteiger partial charge in [-0.25, -0.2) is 0 Å². The fourth-order valence-corrected chi connectivity index (χ4v) is 3.82. The molecule has 142 valence electrons. The highest BCUT2D eigenvalue weighted by Crippen LogP contribution is 2.38. The maximum Gasteiger partial charge on any atom is 0.119 e. The number of aliphatic hydroxyl groups excluding tert-OH is 1. The lowest BCUT2D eigenvalue weighted by atomic mass is 9.87. The van der Waals surface area contributed by atoms with E-state index in [4.69, 9.17) is 0 Å². The smallest absolute Gasteiger partial charge is 0.119 e. The Labute approximate surface area is 163 Å². The van der Waals surface area contributed by atoms with Crippen LogP contribution in [0.4, 0.5) is 0 Å². The summed E-state index contributed by atoms with van der Waals surface area (Å²) < 4.78 is 0. The van der Waals surface area contributed by atoms with E-state index in [1.165, 1.54) is 0 Å². The molecule has 4 rings (SSSR count). The van der Waals surface area contributed by atoms with Gasteiger partial charge >= 0.3 is 0 Å². The Bertz CT molecular complexity index is 1070. The van der Waals surface area contributed by atoms with Crippen LogP contribution in [0.25, 0.3) is 10.8 Å². The minimum Gasteiger partial charge on any atom is -0.508 e. The number of fused-ring (bicyclic) bond motifs is 1. The molecule has 1 aliphatic rings. The zero-order chi connectivity index (χ0) is 19.7. The summed E-state index contributed by atoms with van der Waals surface area (Å²) in [5.74, 6) is 1.02. The molecule has 0 saturated carbocycles. The van der Waals surface area contributed by atoms with Gasteiger partial charge in [0, 0.05) is 17.5 Å². The minimum atomic E-state index is 0.163. The molecule has 3 aromatic rings. The lowest BCUT2D eigenvalue weighted by Crippen LogP contribution is -2.06. The number of hydrogen-bond donors (Lipinski definition) is 4. The molecular weight excluding hydrogens is 352 g/mol. The summed E-state index contributed by atoms with van der Waals surface area (Å²) in [6, 6.07) is 14.0. The Hall–Kier alpha value is -3.40. The van der Waals surface area contributed by atoms with Crippen molar-refractivity contribution in [2.75, 3.05) is 0 Å². The molecule has 0 radical (unpaired) electrons. The van der Waals surface area contributed by atoms with Crippen LogP contribution in [0.3, 0.4) is 0 Å². The largest absolute Gasteiger partial charge is 0.508 e. The fourth-order valence-electron chi connectivity index (χ4n) is 3.82. The van der Waals surface area contributed by atoms with Crippen molar-refractivity contribution in [1.29, 1.82) is 0 Å². The molecule has 0 spiro atoms. The molecular formula is C24H22O4. The average molecular weight is 374 g/mol. The molecule has 1 aliphatic carbocycles. The van der Waals surface area contributed by atoms with Gasteiger partial charge in [-0.2, -0.15) is 0 Å². The number of hydrogen-bond acceptors (Lipinski definition) is 4. The molecule has 0 aromatic heterocycles. The van der Waals surface area contributed by atoms with E-state index >= 15 is 0 Å². The molecule has 4 N–H and O–H groups in total. The Balaban J connectivity index is 1.80. The average Bonchev–Trinajstić information content (AvgIpc) is 2.69. The first kappa shape index (κ1) is 18.0. The monoisotopic (exact) mass is 374 g/mol. The van der Waals surface area contributed by atoms with E-state index in [9.17, 15) is 20.4 Å². The van der Waals surface area contributed by atoms with Gasteiger partial charge in [-0.15, -0.1) is 0 Å². The second kappa shape index (κ2) is 7.31. The quantitative estimate of drug-likeness (QED) is 0.512. The van der Waals surface area contributed by atoms with Crippen LogP contribution < -0.4 is 0 Å². The van der Waals surface area contributed by atoms with Gasteiger partial charge in [0.05, 0.1) is 0 Å². The molecule has 1 atom stereocenters. The Morgan fingerprint density at radius 1 is 0.786 bits per heavy atom. The van der Waals surface area contributed by atoms with E-state index in [0.717, 1.165) is 27.5 Å². The van der Waals surface area contributed by atoms with Crippen molar-refractivity contribution in [2.24, 2.45) is 5.92 Å². The summed E-state index contributed by atoms with van der Waals surface area (Å²) in [4.78, 5) is 0. The molecule has 0 amide bonds. The molecule has 0 bridgehead atoms. The summed E-state index contributed by atoms with van der Waals surface area (Å²) in [7, 11) is 0. The second-order valence-electron chi connectivity index (χ2n) is 7.26. The van der Waals surface area contributed by atoms with E-state index in [-0.39, 0.29) is 28.9 Å². The second-order valence-corrected chi connectivity index (χ2v) is 7.26. The Morgan fingerprint density at radius 3 is 2.11 bits per heavy atom. The molecule has 4 heteroatoms. The fraction of sp³-hybridized carbons (Fsp3) is 0.167. The number of aliphatic hydroxyl groups is 1. The molecule has 3 aromatic carbocycles. The number of phenolic OH excluding ortho intramolecular Hbond substituents is 3. The first-order chi connectivity index (χ1) is 13.5. The van der Waals surface area contributed by atoms with Gasteiger partial charge in [0.1, 0.15) is 23.0 Å². The van der Waals surface area contributed by atoms with E-state index in [1.807, 2.05) is 30.3 Å². The normalized spacial score (nSPS) is 16.3. The van der Waals surface area contributed by atoms with E-state index in [1.54, 1.807) is 36.4 Å². The molecule has 28 heavy (non-hydrogen) atoms. The van der Waals surface area contributed by atoms with Gasteiger partial charge in [-0.1, -0.05) is 30.3 Å². The molecule has 0 heterocycles. The topological polar surface area (TPSA) is 80.9 Å². The number of aromatic hydroxyl groups is 3. The first-order valence-electron chi connectivity index (χ1n) is 9.32. The van der Waals surface area contributed by atoms with Crippen molar-refractivity contribution in [3.05, 3.63) is 89.2 Å². The summed E-state index contributed by atoms with van der Waals surface area (Å²) in [5.41, 5.74) is 2.51. The maximum absolute atomic E-state index is 10.6. The predicted molar refractivity (Wildman–Crippen MR) is 110 cm³/mol. The van der Waals surface area contributed by atoms with E-state index in [0.29, 0.717) is 19.3 Å².